The smallest absolute Gasteiger partial charge is 0.276 e. The molecule has 0 radical (unpaired) electrons. The Morgan fingerprint density at radius 1 is 0.879 bits per heavy atom. The number of ether oxygens (including phenoxy) is 1. The van der Waals surface area contributed by atoms with Crippen LogP contribution < -0.4 is 15.4 Å². The van der Waals surface area contributed by atoms with Crippen molar-refractivity contribution in [3.63, 3.8) is 0 Å². The number of nitrogens with one attached hydrogen (secondary N) is 2. The molecular weight excluding hydrogens is 416 g/mol. The highest BCUT2D eigenvalue weighted by atomic mass is 16.5. The summed E-state index contributed by atoms with van der Waals surface area (Å²) in [6.07, 6.45) is 0.319. The Labute approximate surface area is 192 Å². The molecule has 2 N–H and O–H groups in total. The van der Waals surface area contributed by atoms with Gasteiger partial charge in [0.1, 0.15) is 18.2 Å². The standard InChI is InChI=1S/C26H24N4O3/c1-2-25(31)28-24-17-23(29-30(24)21-12-5-3-6-13-21)26(32)27-20-11-9-10-19(16-20)18-33-22-14-7-4-8-15-22/h3-17H,2,18H2,1H3,(H,27,32)(H,28,31). The third kappa shape index (κ3) is 5.65. The highest BCUT2D eigenvalue weighted by Crippen LogP contribution is 2.20. The van der Waals surface area contributed by atoms with E-state index in [0.29, 0.717) is 24.5 Å². The number of nitrogens with zero attached hydrogens (tertiary/aromatic N) is 2. The molecular formula is C26H24N4O3. The zero-order chi connectivity index (χ0) is 23.0. The minimum atomic E-state index is -0.377. The van der Waals surface area contributed by atoms with Crippen LogP contribution in [-0.2, 0) is 11.4 Å². The van der Waals surface area contributed by atoms with Gasteiger partial charge in [0, 0.05) is 18.2 Å². The predicted molar refractivity (Wildman–Crippen MR) is 128 cm³/mol. The van der Waals surface area contributed by atoms with Crippen LogP contribution in [0.3, 0.4) is 0 Å². The predicted octanol–water partition coefficient (Wildman–Crippen LogP) is 5.05. The molecule has 7 nitrogen and oxygen atoms in total. The van der Waals surface area contributed by atoms with Crippen LogP contribution in [-0.4, -0.2) is 21.6 Å². The maximum atomic E-state index is 12.9. The van der Waals surface area contributed by atoms with E-state index in [4.69, 9.17) is 4.74 Å². The van der Waals surface area contributed by atoms with Gasteiger partial charge >= 0.3 is 0 Å². The van der Waals surface area contributed by atoms with E-state index >= 15 is 0 Å². The number of benzene rings is 3. The van der Waals surface area contributed by atoms with Crippen molar-refractivity contribution in [1.82, 2.24) is 9.78 Å². The number of rotatable bonds is 8. The number of hydrogen-bond acceptors (Lipinski definition) is 4. The van der Waals surface area contributed by atoms with Crippen LogP contribution in [0.15, 0.2) is 91.0 Å². The zero-order valence-electron chi connectivity index (χ0n) is 18.2. The van der Waals surface area contributed by atoms with E-state index in [-0.39, 0.29) is 17.5 Å². The molecule has 0 aliphatic heterocycles. The molecule has 4 aromatic rings. The van der Waals surface area contributed by atoms with E-state index < -0.39 is 0 Å². The first-order valence-electron chi connectivity index (χ1n) is 10.7. The summed E-state index contributed by atoms with van der Waals surface area (Å²) in [7, 11) is 0. The van der Waals surface area contributed by atoms with Crippen molar-refractivity contribution in [2.75, 3.05) is 10.6 Å². The third-order valence-corrected chi connectivity index (χ3v) is 4.86. The number of hydrogen-bond donors (Lipinski definition) is 2. The fraction of sp³-hybridized carbons (Fsp3) is 0.115. The first kappa shape index (κ1) is 21.8. The third-order valence-electron chi connectivity index (χ3n) is 4.86. The molecule has 0 spiro atoms. The molecule has 0 aliphatic rings. The van der Waals surface area contributed by atoms with Gasteiger partial charge in [0.25, 0.3) is 5.91 Å². The molecule has 3 aromatic carbocycles. The highest BCUT2D eigenvalue weighted by Gasteiger charge is 2.17. The molecule has 2 amide bonds. The van der Waals surface area contributed by atoms with Crippen molar-refractivity contribution in [2.24, 2.45) is 0 Å². The van der Waals surface area contributed by atoms with Gasteiger partial charge in [0.05, 0.1) is 5.69 Å². The second kappa shape index (κ2) is 10.3. The van der Waals surface area contributed by atoms with Crippen molar-refractivity contribution >= 4 is 23.3 Å². The molecule has 4 rings (SSSR count). The Morgan fingerprint density at radius 3 is 2.33 bits per heavy atom. The second-order valence-electron chi connectivity index (χ2n) is 7.32. The summed E-state index contributed by atoms with van der Waals surface area (Å²) >= 11 is 0. The Kier molecular flexibility index (Phi) is 6.80. The van der Waals surface area contributed by atoms with Crippen LogP contribution in [0.4, 0.5) is 11.5 Å². The summed E-state index contributed by atoms with van der Waals surface area (Å²) in [6, 6.07) is 27.9. The number of amides is 2. The fourth-order valence-corrected chi connectivity index (χ4v) is 3.20. The number of anilines is 2. The highest BCUT2D eigenvalue weighted by molar-refractivity contribution is 6.04. The van der Waals surface area contributed by atoms with Gasteiger partial charge in [-0.1, -0.05) is 55.5 Å². The monoisotopic (exact) mass is 440 g/mol. The number of carbonyl (C=O) groups excluding carboxylic acids is 2. The van der Waals surface area contributed by atoms with E-state index in [9.17, 15) is 9.59 Å². The SMILES string of the molecule is CCC(=O)Nc1cc(C(=O)Nc2cccc(COc3ccccc3)c2)nn1-c1ccccc1. The normalized spacial score (nSPS) is 10.5. The summed E-state index contributed by atoms with van der Waals surface area (Å²) in [5, 5.41) is 10.1. The topological polar surface area (TPSA) is 85.2 Å². The maximum Gasteiger partial charge on any atom is 0.276 e. The quantitative estimate of drug-likeness (QED) is 0.401. The summed E-state index contributed by atoms with van der Waals surface area (Å²) in [5.74, 6) is 0.672. The Morgan fingerprint density at radius 2 is 1.61 bits per heavy atom. The molecule has 0 saturated carbocycles. The van der Waals surface area contributed by atoms with Gasteiger partial charge in [-0.15, -0.1) is 0 Å². The molecule has 1 aromatic heterocycles. The number of para-hydroxylation sites is 2. The van der Waals surface area contributed by atoms with Gasteiger partial charge in [-0.25, -0.2) is 4.68 Å². The molecule has 33 heavy (non-hydrogen) atoms. The molecule has 1 heterocycles. The summed E-state index contributed by atoms with van der Waals surface area (Å²) in [4.78, 5) is 24.9. The van der Waals surface area contributed by atoms with Crippen molar-refractivity contribution in [1.29, 1.82) is 0 Å². The molecule has 0 fully saturated rings. The average molecular weight is 441 g/mol. The van der Waals surface area contributed by atoms with Crippen LogP contribution >= 0.6 is 0 Å². The first-order valence-corrected chi connectivity index (χ1v) is 10.7. The van der Waals surface area contributed by atoms with E-state index in [2.05, 4.69) is 15.7 Å². The lowest BCUT2D eigenvalue weighted by Gasteiger charge is -2.08. The largest absolute Gasteiger partial charge is 0.489 e. The van der Waals surface area contributed by atoms with Crippen molar-refractivity contribution in [3.05, 3.63) is 102 Å². The second-order valence-corrected chi connectivity index (χ2v) is 7.32. The lowest BCUT2D eigenvalue weighted by molar-refractivity contribution is -0.115. The maximum absolute atomic E-state index is 12.9. The zero-order valence-corrected chi connectivity index (χ0v) is 18.2. The van der Waals surface area contributed by atoms with Gasteiger partial charge in [-0.2, -0.15) is 5.10 Å². The van der Waals surface area contributed by atoms with Crippen LogP contribution in [0.2, 0.25) is 0 Å². The average Bonchev–Trinajstić information content (AvgIpc) is 3.28. The molecule has 7 heteroatoms. The lowest BCUT2D eigenvalue weighted by Crippen LogP contribution is -2.14. The van der Waals surface area contributed by atoms with Gasteiger partial charge in [-0.3, -0.25) is 9.59 Å². The van der Waals surface area contributed by atoms with E-state index in [1.165, 1.54) is 0 Å². The lowest BCUT2D eigenvalue weighted by atomic mass is 10.2. The van der Waals surface area contributed by atoms with E-state index in [1.807, 2.05) is 78.9 Å². The number of carbonyl (C=O) groups is 2. The van der Waals surface area contributed by atoms with Crippen molar-refractivity contribution in [2.45, 2.75) is 20.0 Å². The summed E-state index contributed by atoms with van der Waals surface area (Å²) in [6.45, 7) is 2.14. The van der Waals surface area contributed by atoms with E-state index in [1.54, 1.807) is 23.7 Å². The summed E-state index contributed by atoms with van der Waals surface area (Å²) < 4.78 is 7.33. The van der Waals surface area contributed by atoms with Gasteiger partial charge in [-0.05, 0) is 42.0 Å². The van der Waals surface area contributed by atoms with Crippen molar-refractivity contribution in [3.8, 4) is 11.4 Å². The minimum absolute atomic E-state index is 0.162. The summed E-state index contributed by atoms with van der Waals surface area (Å²) in [5.41, 5.74) is 2.48. The van der Waals surface area contributed by atoms with Crippen LogP contribution in [0.25, 0.3) is 5.69 Å². The van der Waals surface area contributed by atoms with E-state index in [0.717, 1.165) is 17.0 Å². The minimum Gasteiger partial charge on any atom is -0.489 e. The molecule has 0 atom stereocenters. The Bertz CT molecular complexity index is 1240. The fourth-order valence-electron chi connectivity index (χ4n) is 3.20. The van der Waals surface area contributed by atoms with Gasteiger partial charge in [0.2, 0.25) is 5.91 Å². The molecule has 166 valence electrons. The van der Waals surface area contributed by atoms with Crippen LogP contribution in [0, 0.1) is 0 Å². The molecule has 0 bridgehead atoms. The van der Waals surface area contributed by atoms with Crippen LogP contribution in [0.5, 0.6) is 5.75 Å². The van der Waals surface area contributed by atoms with Crippen LogP contribution in [0.1, 0.15) is 29.4 Å². The molecule has 0 aliphatic carbocycles. The molecule has 0 unspecified atom stereocenters. The molecule has 0 saturated heterocycles. The Hall–Kier alpha value is -4.39. The first-order chi connectivity index (χ1) is 16.1. The van der Waals surface area contributed by atoms with Gasteiger partial charge < -0.3 is 15.4 Å². The Balaban J connectivity index is 1.50. The van der Waals surface area contributed by atoms with Gasteiger partial charge in [0.15, 0.2) is 5.69 Å². The van der Waals surface area contributed by atoms with Crippen molar-refractivity contribution < 1.29 is 14.3 Å². The number of aromatic nitrogens is 2.